The zero-order chi connectivity index (χ0) is 25.7. The lowest BCUT2D eigenvalue weighted by molar-refractivity contribution is 0.201. The van der Waals surface area contributed by atoms with Crippen molar-refractivity contribution in [3.63, 3.8) is 0 Å². The summed E-state index contributed by atoms with van der Waals surface area (Å²) in [5, 5.41) is 23.0. The molecule has 0 spiro atoms. The third-order valence-corrected chi connectivity index (χ3v) is 6.35. The number of methoxy groups -OCH3 is 2. The summed E-state index contributed by atoms with van der Waals surface area (Å²) in [6.45, 7) is 2.08. The van der Waals surface area contributed by atoms with Crippen LogP contribution in [0.15, 0.2) is 77.2 Å². The van der Waals surface area contributed by atoms with Gasteiger partial charge in [0.05, 0.1) is 24.9 Å². The number of aliphatic hydroxyl groups excluding tert-OH is 2. The van der Waals surface area contributed by atoms with Gasteiger partial charge in [0.15, 0.2) is 6.23 Å². The predicted octanol–water partition coefficient (Wildman–Crippen LogP) is 6.16. The molecule has 7 nitrogen and oxygen atoms in total. The third-order valence-electron chi connectivity index (χ3n) is 6.12. The second-order valence-electron chi connectivity index (χ2n) is 8.47. The van der Waals surface area contributed by atoms with Gasteiger partial charge in [-0.05, 0) is 36.2 Å². The molecule has 36 heavy (non-hydrogen) atoms. The molecule has 0 saturated heterocycles. The second-order valence-corrected chi connectivity index (χ2v) is 8.91. The molecule has 1 unspecified atom stereocenters. The Morgan fingerprint density at radius 2 is 1.69 bits per heavy atom. The Morgan fingerprint density at radius 3 is 2.28 bits per heavy atom. The molecule has 1 atom stereocenters. The molecule has 188 valence electrons. The first-order valence-corrected chi connectivity index (χ1v) is 12.2. The van der Waals surface area contributed by atoms with E-state index < -0.39 is 6.23 Å². The second kappa shape index (κ2) is 11.5. The average molecular weight is 508 g/mol. The highest BCUT2D eigenvalue weighted by Gasteiger charge is 2.35. The van der Waals surface area contributed by atoms with E-state index in [1.807, 2.05) is 48.5 Å². The molecule has 0 saturated carbocycles. The molecule has 2 aromatic carbocycles. The van der Waals surface area contributed by atoms with Crippen molar-refractivity contribution in [2.24, 2.45) is 4.99 Å². The van der Waals surface area contributed by atoms with Gasteiger partial charge in [0, 0.05) is 30.2 Å². The molecule has 1 aliphatic heterocycles. The number of pyridine rings is 1. The number of anilines is 1. The summed E-state index contributed by atoms with van der Waals surface area (Å²) in [5.74, 6) is 1.47. The number of hydrogen-bond acceptors (Lipinski definition) is 7. The van der Waals surface area contributed by atoms with Gasteiger partial charge >= 0.3 is 0 Å². The van der Waals surface area contributed by atoms with E-state index >= 15 is 0 Å². The number of nitrogens with zero attached hydrogens (tertiary/aromatic N) is 3. The van der Waals surface area contributed by atoms with E-state index in [-0.39, 0.29) is 5.88 Å². The number of aliphatic hydroxyl groups is 2. The number of unbranched alkanes of at least 4 members (excludes halogenated alkanes) is 1. The zero-order valence-corrected chi connectivity index (χ0v) is 21.4. The number of aliphatic imine (C=N–C) groups is 1. The zero-order valence-electron chi connectivity index (χ0n) is 20.6. The monoisotopic (exact) mass is 507 g/mol. The largest absolute Gasteiger partial charge is 0.494 e. The van der Waals surface area contributed by atoms with Gasteiger partial charge in [0.25, 0.3) is 0 Å². The Kier molecular flexibility index (Phi) is 8.13. The molecule has 4 rings (SSSR count). The Balaban J connectivity index is 1.68. The van der Waals surface area contributed by atoms with Crippen LogP contribution in [0.5, 0.6) is 11.5 Å². The fraction of sp³-hybridized carbons (Fsp3) is 0.286. The minimum absolute atomic E-state index is 0.165. The minimum atomic E-state index is -1.16. The normalized spacial score (nSPS) is 15.6. The van der Waals surface area contributed by atoms with Crippen molar-refractivity contribution >= 4 is 23.1 Å². The molecule has 8 heteroatoms. The van der Waals surface area contributed by atoms with Crippen LogP contribution in [0, 0.1) is 0 Å². The van der Waals surface area contributed by atoms with Crippen LogP contribution >= 0.6 is 11.6 Å². The first kappa shape index (κ1) is 25.5. The molecule has 0 aliphatic carbocycles. The maximum atomic E-state index is 11.6. The predicted molar refractivity (Wildman–Crippen MR) is 143 cm³/mol. The van der Waals surface area contributed by atoms with Crippen LogP contribution in [0.3, 0.4) is 0 Å². The summed E-state index contributed by atoms with van der Waals surface area (Å²) in [6.07, 6.45) is 3.13. The number of aromatic nitrogens is 1. The fourth-order valence-corrected chi connectivity index (χ4v) is 4.33. The first-order chi connectivity index (χ1) is 17.5. The van der Waals surface area contributed by atoms with Crippen LogP contribution in [0.1, 0.15) is 31.7 Å². The lowest BCUT2D eigenvalue weighted by atomic mass is 9.99. The van der Waals surface area contributed by atoms with Crippen LogP contribution in [0.25, 0.3) is 11.3 Å². The summed E-state index contributed by atoms with van der Waals surface area (Å²) in [4.78, 5) is 10.6. The van der Waals surface area contributed by atoms with Crippen molar-refractivity contribution in [3.05, 3.63) is 82.8 Å². The van der Waals surface area contributed by atoms with Gasteiger partial charge in [-0.3, -0.25) is 9.88 Å². The molecule has 2 N–H and O–H groups in total. The Hall–Kier alpha value is -3.55. The first-order valence-electron chi connectivity index (χ1n) is 11.9. The summed E-state index contributed by atoms with van der Waals surface area (Å²) >= 11 is 5.95. The van der Waals surface area contributed by atoms with Gasteiger partial charge in [-0.2, -0.15) is 0 Å². The molecule has 3 aromatic rings. The molecule has 2 heterocycles. The molecule has 0 bridgehead atoms. The van der Waals surface area contributed by atoms with Crippen molar-refractivity contribution < 1.29 is 19.7 Å². The number of benzene rings is 2. The van der Waals surface area contributed by atoms with Crippen molar-refractivity contribution in [1.29, 1.82) is 0 Å². The fourth-order valence-electron chi connectivity index (χ4n) is 4.22. The number of ether oxygens (including phenoxy) is 2. The standard InChI is InChI=1S/C28H30ClN3O4/c1-4-5-9-25-31-27(33)21(28(34)32(25)26-23(35-2)7-6-8-24(26)36-3)16-18-10-12-19(13-11-18)22-15-14-20(29)17-30-22/h6-8,10-15,17,28,33-34H,4-5,9,16H2,1-3H3. The van der Waals surface area contributed by atoms with E-state index in [0.717, 1.165) is 29.7 Å². The molecule has 1 aliphatic rings. The van der Waals surface area contributed by atoms with E-state index in [1.54, 1.807) is 31.4 Å². The van der Waals surface area contributed by atoms with E-state index in [1.165, 1.54) is 0 Å². The van der Waals surface area contributed by atoms with Crippen LogP contribution in [-0.2, 0) is 6.42 Å². The average Bonchev–Trinajstić information content (AvgIpc) is 2.90. The smallest absolute Gasteiger partial charge is 0.216 e. The van der Waals surface area contributed by atoms with E-state index in [9.17, 15) is 10.2 Å². The van der Waals surface area contributed by atoms with Crippen molar-refractivity contribution in [3.8, 4) is 22.8 Å². The van der Waals surface area contributed by atoms with Crippen LogP contribution in [0.2, 0.25) is 5.02 Å². The van der Waals surface area contributed by atoms with Gasteiger partial charge in [-0.15, -0.1) is 0 Å². The minimum Gasteiger partial charge on any atom is -0.494 e. The Morgan fingerprint density at radius 1 is 1.00 bits per heavy atom. The summed E-state index contributed by atoms with van der Waals surface area (Å²) in [7, 11) is 3.14. The number of hydrogen-bond donors (Lipinski definition) is 2. The van der Waals surface area contributed by atoms with Gasteiger partial charge in [0.1, 0.15) is 23.0 Å². The van der Waals surface area contributed by atoms with Crippen molar-refractivity contribution in [2.75, 3.05) is 19.1 Å². The van der Waals surface area contributed by atoms with Crippen LogP contribution < -0.4 is 14.4 Å². The number of rotatable bonds is 9. The molecule has 0 fully saturated rings. The van der Waals surface area contributed by atoms with E-state index in [4.69, 9.17) is 21.1 Å². The van der Waals surface area contributed by atoms with Gasteiger partial charge in [-0.1, -0.05) is 55.3 Å². The highest BCUT2D eigenvalue weighted by Crippen LogP contribution is 2.42. The maximum Gasteiger partial charge on any atom is 0.216 e. The van der Waals surface area contributed by atoms with E-state index in [0.29, 0.717) is 46.5 Å². The summed E-state index contributed by atoms with van der Waals surface area (Å²) in [6, 6.07) is 16.9. The number of amidine groups is 1. The summed E-state index contributed by atoms with van der Waals surface area (Å²) < 4.78 is 11.2. The quantitative estimate of drug-likeness (QED) is 0.360. The highest BCUT2D eigenvalue weighted by molar-refractivity contribution is 6.30. The molecule has 0 amide bonds. The SMILES string of the molecule is CCCCC1=NC(O)=C(Cc2ccc(-c3ccc(Cl)cn3)cc2)C(O)N1c1c(OC)cccc1OC. The number of halogens is 1. The molecule has 0 radical (unpaired) electrons. The van der Waals surface area contributed by atoms with Crippen molar-refractivity contribution in [2.45, 2.75) is 38.8 Å². The maximum absolute atomic E-state index is 11.6. The lowest BCUT2D eigenvalue weighted by Gasteiger charge is -2.36. The lowest BCUT2D eigenvalue weighted by Crippen LogP contribution is -2.45. The van der Waals surface area contributed by atoms with Gasteiger partial charge < -0.3 is 19.7 Å². The summed E-state index contributed by atoms with van der Waals surface area (Å²) in [5.41, 5.74) is 3.62. The van der Waals surface area contributed by atoms with Crippen molar-refractivity contribution in [1.82, 2.24) is 4.98 Å². The van der Waals surface area contributed by atoms with Gasteiger partial charge in [-0.25, -0.2) is 4.99 Å². The topological polar surface area (TPSA) is 87.4 Å². The van der Waals surface area contributed by atoms with Crippen LogP contribution in [0.4, 0.5) is 5.69 Å². The molecule has 1 aromatic heterocycles. The highest BCUT2D eigenvalue weighted by atomic mass is 35.5. The molecular weight excluding hydrogens is 478 g/mol. The van der Waals surface area contributed by atoms with Crippen LogP contribution in [-0.4, -0.2) is 41.5 Å². The number of para-hydroxylation sites is 1. The van der Waals surface area contributed by atoms with Gasteiger partial charge in [0.2, 0.25) is 5.88 Å². The Bertz CT molecular complexity index is 1230. The third kappa shape index (κ3) is 5.32. The molecular formula is C28H30ClN3O4. The Labute approximate surface area is 216 Å². The van der Waals surface area contributed by atoms with E-state index in [2.05, 4.69) is 16.9 Å².